The van der Waals surface area contributed by atoms with Crippen LogP contribution in [0, 0.1) is 0 Å². The average molecular weight is 278 g/mol. The third-order valence-electron chi connectivity index (χ3n) is 3.12. The van der Waals surface area contributed by atoms with E-state index in [9.17, 15) is 9.59 Å². The highest BCUT2D eigenvalue weighted by Gasteiger charge is 2.12. The first-order valence-electron chi connectivity index (χ1n) is 6.76. The molecule has 0 aliphatic rings. The van der Waals surface area contributed by atoms with Crippen molar-refractivity contribution in [2.45, 2.75) is 39.5 Å². The summed E-state index contributed by atoms with van der Waals surface area (Å²) in [5, 5.41) is 0. The summed E-state index contributed by atoms with van der Waals surface area (Å²) in [7, 11) is 0. The maximum atomic E-state index is 10.8. The third kappa shape index (κ3) is 5.43. The van der Waals surface area contributed by atoms with Crippen molar-refractivity contribution >= 4 is 11.9 Å². The van der Waals surface area contributed by atoms with Gasteiger partial charge in [-0.05, 0) is 11.1 Å². The number of carbonyl (C=O) groups excluding carboxylic acids is 2. The molecule has 0 amide bonds. The van der Waals surface area contributed by atoms with Crippen LogP contribution in [0.2, 0.25) is 0 Å². The van der Waals surface area contributed by atoms with Gasteiger partial charge in [0.2, 0.25) is 0 Å². The molecule has 2 atom stereocenters. The minimum absolute atomic E-state index is 0.139. The predicted octanol–water partition coefficient (Wildman–Crippen LogP) is 3.02. The Hall–Kier alpha value is -1.84. The summed E-state index contributed by atoms with van der Waals surface area (Å²) < 4.78 is 10.1. The van der Waals surface area contributed by atoms with E-state index in [0.29, 0.717) is 13.2 Å². The van der Waals surface area contributed by atoms with Gasteiger partial charge in [-0.3, -0.25) is 9.59 Å². The lowest BCUT2D eigenvalue weighted by molar-refractivity contribution is -0.142. The maximum Gasteiger partial charge on any atom is 0.302 e. The number of benzene rings is 1. The Bertz CT molecular complexity index is 428. The second kappa shape index (κ2) is 7.68. The minimum Gasteiger partial charge on any atom is -0.465 e. The highest BCUT2D eigenvalue weighted by atomic mass is 16.5. The minimum atomic E-state index is -0.267. The number of carbonyl (C=O) groups is 2. The van der Waals surface area contributed by atoms with Crippen molar-refractivity contribution in [1.82, 2.24) is 0 Å². The first-order chi connectivity index (χ1) is 9.40. The van der Waals surface area contributed by atoms with Crippen molar-refractivity contribution in [1.29, 1.82) is 0 Å². The Labute approximate surface area is 120 Å². The van der Waals surface area contributed by atoms with Gasteiger partial charge in [-0.15, -0.1) is 0 Å². The summed E-state index contributed by atoms with van der Waals surface area (Å²) in [5.41, 5.74) is 2.22. The van der Waals surface area contributed by atoms with Gasteiger partial charge in [0, 0.05) is 25.7 Å². The molecule has 0 N–H and O–H groups in total. The molecule has 0 aromatic heterocycles. The number of esters is 2. The zero-order chi connectivity index (χ0) is 15.1. The number of rotatable bonds is 6. The molecule has 0 bridgehead atoms. The van der Waals surface area contributed by atoms with Crippen LogP contribution in [-0.2, 0) is 19.1 Å². The molecule has 2 unspecified atom stereocenters. The molecule has 0 fully saturated rings. The van der Waals surface area contributed by atoms with Crippen molar-refractivity contribution < 1.29 is 19.1 Å². The molecule has 1 rings (SSSR count). The van der Waals surface area contributed by atoms with Crippen molar-refractivity contribution in [3.63, 3.8) is 0 Å². The van der Waals surface area contributed by atoms with E-state index >= 15 is 0 Å². The van der Waals surface area contributed by atoms with Crippen molar-refractivity contribution in [2.24, 2.45) is 0 Å². The number of hydrogen-bond donors (Lipinski definition) is 0. The average Bonchev–Trinajstić information content (AvgIpc) is 2.42. The lowest BCUT2D eigenvalue weighted by Gasteiger charge is -2.16. The van der Waals surface area contributed by atoms with Crippen LogP contribution in [0.4, 0.5) is 0 Å². The van der Waals surface area contributed by atoms with Crippen LogP contribution in [-0.4, -0.2) is 25.2 Å². The molecule has 0 aliphatic heterocycles. The summed E-state index contributed by atoms with van der Waals surface area (Å²) in [6, 6.07) is 8.06. The highest BCUT2D eigenvalue weighted by molar-refractivity contribution is 5.66. The summed E-state index contributed by atoms with van der Waals surface area (Å²) in [6.07, 6.45) is 0. The normalized spacial score (nSPS) is 13.4. The van der Waals surface area contributed by atoms with Gasteiger partial charge in [-0.25, -0.2) is 0 Å². The Morgan fingerprint density at radius 3 is 1.70 bits per heavy atom. The van der Waals surface area contributed by atoms with Crippen LogP contribution >= 0.6 is 0 Å². The first-order valence-corrected chi connectivity index (χ1v) is 6.76. The van der Waals surface area contributed by atoms with E-state index in [4.69, 9.17) is 9.47 Å². The predicted molar refractivity (Wildman–Crippen MR) is 76.5 cm³/mol. The zero-order valence-electron chi connectivity index (χ0n) is 12.5. The summed E-state index contributed by atoms with van der Waals surface area (Å²) in [5.74, 6) is -0.257. The Kier molecular flexibility index (Phi) is 6.22. The molecule has 0 radical (unpaired) electrons. The Morgan fingerprint density at radius 2 is 1.35 bits per heavy atom. The molecule has 1 aromatic rings. The fraction of sp³-hybridized carbons (Fsp3) is 0.500. The molecule has 20 heavy (non-hydrogen) atoms. The van der Waals surface area contributed by atoms with Crippen LogP contribution in [0.25, 0.3) is 0 Å². The smallest absolute Gasteiger partial charge is 0.302 e. The van der Waals surface area contributed by atoms with Gasteiger partial charge in [0.15, 0.2) is 0 Å². The quantitative estimate of drug-likeness (QED) is 0.751. The molecule has 4 heteroatoms. The molecule has 1 aromatic carbocycles. The number of hydrogen-bond acceptors (Lipinski definition) is 4. The highest BCUT2D eigenvalue weighted by Crippen LogP contribution is 2.22. The Balaban J connectivity index is 2.69. The molecular formula is C16H22O4. The maximum absolute atomic E-state index is 10.8. The third-order valence-corrected chi connectivity index (χ3v) is 3.12. The van der Waals surface area contributed by atoms with E-state index in [1.165, 1.54) is 13.8 Å². The van der Waals surface area contributed by atoms with Crippen LogP contribution in [0.1, 0.15) is 50.7 Å². The molecule has 0 saturated carbocycles. The van der Waals surface area contributed by atoms with Crippen LogP contribution in [0.5, 0.6) is 0 Å². The van der Waals surface area contributed by atoms with Gasteiger partial charge in [0.25, 0.3) is 0 Å². The molecule has 4 nitrogen and oxygen atoms in total. The van der Waals surface area contributed by atoms with Gasteiger partial charge in [-0.1, -0.05) is 38.1 Å². The van der Waals surface area contributed by atoms with E-state index in [1.54, 1.807) is 0 Å². The first kappa shape index (κ1) is 16.2. The van der Waals surface area contributed by atoms with Gasteiger partial charge in [-0.2, -0.15) is 0 Å². The Morgan fingerprint density at radius 1 is 0.950 bits per heavy atom. The van der Waals surface area contributed by atoms with E-state index < -0.39 is 0 Å². The van der Waals surface area contributed by atoms with Gasteiger partial charge in [0.1, 0.15) is 0 Å². The van der Waals surface area contributed by atoms with Gasteiger partial charge >= 0.3 is 11.9 Å². The fourth-order valence-corrected chi connectivity index (χ4v) is 1.85. The van der Waals surface area contributed by atoms with Crippen molar-refractivity contribution in [3.8, 4) is 0 Å². The molecule has 0 spiro atoms. The SMILES string of the molecule is CC(=O)OCC(C)c1cccc(C(C)COC(C)=O)c1. The molecule has 0 heterocycles. The van der Waals surface area contributed by atoms with E-state index in [-0.39, 0.29) is 23.8 Å². The zero-order valence-corrected chi connectivity index (χ0v) is 12.5. The second-order valence-electron chi connectivity index (χ2n) is 5.08. The van der Waals surface area contributed by atoms with Crippen LogP contribution in [0.3, 0.4) is 0 Å². The molecule has 0 aliphatic carbocycles. The molecule has 0 saturated heterocycles. The summed E-state index contributed by atoms with van der Waals surface area (Å²) >= 11 is 0. The van der Waals surface area contributed by atoms with E-state index in [1.807, 2.05) is 32.0 Å². The van der Waals surface area contributed by atoms with Crippen molar-refractivity contribution in [3.05, 3.63) is 35.4 Å². The largest absolute Gasteiger partial charge is 0.465 e. The van der Waals surface area contributed by atoms with E-state index in [2.05, 4.69) is 6.07 Å². The summed E-state index contributed by atoms with van der Waals surface area (Å²) in [4.78, 5) is 21.7. The standard InChI is InChI=1S/C16H22O4/c1-11(9-19-13(3)17)15-6-5-7-16(8-15)12(2)10-20-14(4)18/h5-8,11-12H,9-10H2,1-4H3. The molecular weight excluding hydrogens is 256 g/mol. The summed E-state index contributed by atoms with van der Waals surface area (Å²) in [6.45, 7) is 7.58. The topological polar surface area (TPSA) is 52.6 Å². The van der Waals surface area contributed by atoms with Gasteiger partial charge in [0.05, 0.1) is 13.2 Å². The van der Waals surface area contributed by atoms with Crippen LogP contribution in [0.15, 0.2) is 24.3 Å². The van der Waals surface area contributed by atoms with E-state index in [0.717, 1.165) is 11.1 Å². The van der Waals surface area contributed by atoms with Gasteiger partial charge < -0.3 is 9.47 Å². The lowest BCUT2D eigenvalue weighted by Crippen LogP contribution is -2.10. The lowest BCUT2D eigenvalue weighted by atomic mass is 9.95. The van der Waals surface area contributed by atoms with Crippen molar-refractivity contribution in [2.75, 3.05) is 13.2 Å². The van der Waals surface area contributed by atoms with Crippen LogP contribution < -0.4 is 0 Å². The second-order valence-corrected chi connectivity index (χ2v) is 5.08. The fourth-order valence-electron chi connectivity index (χ4n) is 1.85. The monoisotopic (exact) mass is 278 g/mol. The number of ether oxygens (including phenoxy) is 2. The molecule has 110 valence electrons.